The lowest BCUT2D eigenvalue weighted by Gasteiger charge is -1.98. The van der Waals surface area contributed by atoms with Gasteiger partial charge >= 0.3 is 0 Å². The number of hydrogen-bond donors (Lipinski definition) is 0. The van der Waals surface area contributed by atoms with Crippen molar-refractivity contribution in [2.24, 2.45) is 0 Å². The third-order valence-corrected chi connectivity index (χ3v) is 2.08. The molecule has 0 fully saturated rings. The smallest absolute Gasteiger partial charge is 0.131 e. The molecule has 0 bridgehead atoms. The van der Waals surface area contributed by atoms with Gasteiger partial charge in [0.1, 0.15) is 5.15 Å². The van der Waals surface area contributed by atoms with E-state index in [0.717, 1.165) is 10.9 Å². The Balaban J connectivity index is 2.89. The molecule has 1 radical (unpaired) electrons. The van der Waals surface area contributed by atoms with Gasteiger partial charge in [-0.3, -0.25) is 0 Å². The van der Waals surface area contributed by atoms with E-state index in [9.17, 15) is 0 Å². The van der Waals surface area contributed by atoms with Gasteiger partial charge in [0.2, 0.25) is 0 Å². The minimum Gasteiger partial charge on any atom is -0.236 e. The molecular formula is C9H4Cl2N. The highest BCUT2D eigenvalue weighted by molar-refractivity contribution is 6.37. The summed E-state index contributed by atoms with van der Waals surface area (Å²) in [6.45, 7) is 0. The molecule has 1 nitrogen and oxygen atoms in total. The van der Waals surface area contributed by atoms with Gasteiger partial charge in [-0.2, -0.15) is 0 Å². The van der Waals surface area contributed by atoms with Crippen LogP contribution in [0.25, 0.3) is 10.9 Å². The zero-order chi connectivity index (χ0) is 8.55. The first-order valence-electron chi connectivity index (χ1n) is 3.39. The lowest BCUT2D eigenvalue weighted by atomic mass is 10.2. The highest BCUT2D eigenvalue weighted by atomic mass is 35.5. The fourth-order valence-electron chi connectivity index (χ4n) is 1.05. The highest BCUT2D eigenvalue weighted by Gasteiger charge is 2.00. The summed E-state index contributed by atoms with van der Waals surface area (Å²) in [6, 6.07) is 9.96. The summed E-state index contributed by atoms with van der Waals surface area (Å²) in [5.41, 5.74) is 0.773. The summed E-state index contributed by atoms with van der Waals surface area (Å²) >= 11 is 11.6. The summed E-state index contributed by atoms with van der Waals surface area (Å²) in [6.07, 6.45) is 0. The molecule has 0 aliphatic carbocycles. The van der Waals surface area contributed by atoms with Crippen LogP contribution in [0.3, 0.4) is 0 Å². The van der Waals surface area contributed by atoms with E-state index in [-0.39, 0.29) is 0 Å². The number of pyridine rings is 1. The van der Waals surface area contributed by atoms with Gasteiger partial charge in [-0.05, 0) is 18.2 Å². The van der Waals surface area contributed by atoms with Crippen LogP contribution in [0.5, 0.6) is 0 Å². The minimum absolute atomic E-state index is 0.409. The molecule has 3 heteroatoms. The Morgan fingerprint density at radius 2 is 2.17 bits per heavy atom. The number of aromatic nitrogens is 1. The predicted octanol–water partition coefficient (Wildman–Crippen LogP) is 3.34. The van der Waals surface area contributed by atoms with Crippen LogP contribution in [-0.2, 0) is 0 Å². The van der Waals surface area contributed by atoms with E-state index in [0.29, 0.717) is 10.2 Å². The SMILES string of the molecule is Clc1cc(Cl)c2cc[c]cc2n1. The fourth-order valence-corrected chi connectivity index (χ4v) is 1.56. The van der Waals surface area contributed by atoms with Gasteiger partial charge in [-0.1, -0.05) is 35.3 Å². The van der Waals surface area contributed by atoms with Gasteiger partial charge in [-0.25, -0.2) is 4.98 Å². The van der Waals surface area contributed by atoms with Crippen molar-refractivity contribution in [3.8, 4) is 0 Å². The Hall–Kier alpha value is -0.790. The van der Waals surface area contributed by atoms with Crippen molar-refractivity contribution >= 4 is 34.1 Å². The molecule has 0 saturated heterocycles. The van der Waals surface area contributed by atoms with Crippen LogP contribution in [0.4, 0.5) is 0 Å². The van der Waals surface area contributed by atoms with Crippen molar-refractivity contribution in [3.05, 3.63) is 40.5 Å². The number of fused-ring (bicyclic) bond motifs is 1. The molecule has 59 valence electrons. The summed E-state index contributed by atoms with van der Waals surface area (Å²) in [5.74, 6) is 0. The van der Waals surface area contributed by atoms with Gasteiger partial charge in [0.15, 0.2) is 0 Å². The zero-order valence-electron chi connectivity index (χ0n) is 6.01. The van der Waals surface area contributed by atoms with Crippen molar-refractivity contribution in [2.45, 2.75) is 0 Å². The lowest BCUT2D eigenvalue weighted by molar-refractivity contribution is 1.41. The van der Waals surface area contributed by atoms with E-state index in [2.05, 4.69) is 11.1 Å². The molecule has 0 unspecified atom stereocenters. The quantitative estimate of drug-likeness (QED) is 0.590. The maximum atomic E-state index is 5.92. The molecule has 0 aliphatic rings. The van der Waals surface area contributed by atoms with E-state index < -0.39 is 0 Å². The molecule has 12 heavy (non-hydrogen) atoms. The molecule has 1 heterocycles. The summed E-state index contributed by atoms with van der Waals surface area (Å²) < 4.78 is 0. The van der Waals surface area contributed by atoms with Crippen molar-refractivity contribution in [1.29, 1.82) is 0 Å². The molecule has 2 aromatic rings. The first kappa shape index (κ1) is 7.84. The topological polar surface area (TPSA) is 12.9 Å². The van der Waals surface area contributed by atoms with Crippen LogP contribution < -0.4 is 0 Å². The van der Waals surface area contributed by atoms with Crippen LogP contribution in [0.1, 0.15) is 0 Å². The number of hydrogen-bond acceptors (Lipinski definition) is 1. The molecule has 0 saturated carbocycles. The van der Waals surface area contributed by atoms with E-state index >= 15 is 0 Å². The number of halogens is 2. The second-order valence-corrected chi connectivity index (χ2v) is 3.16. The Bertz CT molecular complexity index is 426. The van der Waals surface area contributed by atoms with E-state index in [1.807, 2.05) is 6.07 Å². The number of rotatable bonds is 0. The molecule has 0 aliphatic heterocycles. The van der Waals surface area contributed by atoms with E-state index in [1.165, 1.54) is 0 Å². The average molecular weight is 197 g/mol. The van der Waals surface area contributed by atoms with Crippen LogP contribution in [0, 0.1) is 6.07 Å². The van der Waals surface area contributed by atoms with Crippen molar-refractivity contribution in [3.63, 3.8) is 0 Å². The second-order valence-electron chi connectivity index (χ2n) is 2.37. The molecule has 2 rings (SSSR count). The van der Waals surface area contributed by atoms with Crippen molar-refractivity contribution < 1.29 is 0 Å². The van der Waals surface area contributed by atoms with Gasteiger partial charge in [0, 0.05) is 5.39 Å². The molecule has 0 atom stereocenters. The van der Waals surface area contributed by atoms with Gasteiger partial charge < -0.3 is 0 Å². The Morgan fingerprint density at radius 1 is 1.33 bits per heavy atom. The Kier molecular flexibility index (Phi) is 1.91. The van der Waals surface area contributed by atoms with Gasteiger partial charge in [0.05, 0.1) is 10.5 Å². The first-order valence-corrected chi connectivity index (χ1v) is 4.15. The maximum absolute atomic E-state index is 5.92. The van der Waals surface area contributed by atoms with Gasteiger partial charge in [0.25, 0.3) is 0 Å². The summed E-state index contributed by atoms with van der Waals surface area (Å²) in [5, 5.41) is 1.94. The Morgan fingerprint density at radius 3 is 3.00 bits per heavy atom. The molecule has 0 amide bonds. The molecular weight excluding hydrogens is 193 g/mol. The lowest BCUT2D eigenvalue weighted by Crippen LogP contribution is -1.79. The molecule has 0 N–H and O–H groups in total. The van der Waals surface area contributed by atoms with E-state index in [1.54, 1.807) is 18.2 Å². The van der Waals surface area contributed by atoms with E-state index in [4.69, 9.17) is 23.2 Å². The minimum atomic E-state index is 0.409. The van der Waals surface area contributed by atoms with Crippen LogP contribution in [-0.4, -0.2) is 4.98 Å². The third-order valence-electron chi connectivity index (χ3n) is 1.57. The number of benzene rings is 1. The second kappa shape index (κ2) is 2.92. The fraction of sp³-hybridized carbons (Fsp3) is 0. The van der Waals surface area contributed by atoms with Gasteiger partial charge in [-0.15, -0.1) is 0 Å². The zero-order valence-corrected chi connectivity index (χ0v) is 7.52. The normalized spacial score (nSPS) is 10.5. The average Bonchev–Trinajstić information content (AvgIpc) is 2.04. The standard InChI is InChI=1S/C9H4Cl2N/c10-7-5-9(11)12-8-4-2-1-3-6(7)8/h1,3-5H. The van der Waals surface area contributed by atoms with Crippen LogP contribution in [0.15, 0.2) is 24.3 Å². The third kappa shape index (κ3) is 1.26. The summed E-state index contributed by atoms with van der Waals surface area (Å²) in [4.78, 5) is 4.09. The molecule has 1 aromatic heterocycles. The van der Waals surface area contributed by atoms with Crippen molar-refractivity contribution in [2.75, 3.05) is 0 Å². The monoisotopic (exact) mass is 196 g/mol. The molecule has 1 aromatic carbocycles. The van der Waals surface area contributed by atoms with Crippen molar-refractivity contribution in [1.82, 2.24) is 4.98 Å². The Labute approximate surface area is 79.9 Å². The molecule has 0 spiro atoms. The van der Waals surface area contributed by atoms with Crippen LogP contribution in [0.2, 0.25) is 10.2 Å². The van der Waals surface area contributed by atoms with Crippen LogP contribution >= 0.6 is 23.2 Å². The largest absolute Gasteiger partial charge is 0.236 e. The number of nitrogens with zero attached hydrogens (tertiary/aromatic N) is 1. The first-order chi connectivity index (χ1) is 5.77. The predicted molar refractivity (Wildman–Crippen MR) is 50.6 cm³/mol. The highest BCUT2D eigenvalue weighted by Crippen LogP contribution is 2.24. The summed E-state index contributed by atoms with van der Waals surface area (Å²) in [7, 11) is 0. The maximum Gasteiger partial charge on any atom is 0.131 e.